The van der Waals surface area contributed by atoms with Crippen molar-refractivity contribution >= 4 is 23.5 Å². The van der Waals surface area contributed by atoms with Crippen molar-refractivity contribution in [1.29, 1.82) is 0 Å². The molecular formula is C18H15NO6. The first-order chi connectivity index (χ1) is 11.9. The minimum atomic E-state index is -1.11. The van der Waals surface area contributed by atoms with Gasteiger partial charge < -0.3 is 19.8 Å². The van der Waals surface area contributed by atoms with Gasteiger partial charge in [0.05, 0.1) is 23.4 Å². The minimum Gasteiger partial charge on any atom is -0.479 e. The van der Waals surface area contributed by atoms with E-state index in [1.165, 1.54) is 35.2 Å². The number of anilines is 1. The number of aromatic carboxylic acids is 2. The average molecular weight is 341 g/mol. The van der Waals surface area contributed by atoms with Crippen LogP contribution in [0.15, 0.2) is 42.5 Å². The molecule has 3 rings (SSSR count). The Morgan fingerprint density at radius 2 is 1.76 bits per heavy atom. The quantitative estimate of drug-likeness (QED) is 0.885. The van der Waals surface area contributed by atoms with Gasteiger partial charge in [-0.15, -0.1) is 0 Å². The topological polar surface area (TPSA) is 104 Å². The van der Waals surface area contributed by atoms with Gasteiger partial charge in [0, 0.05) is 0 Å². The van der Waals surface area contributed by atoms with Crippen LogP contribution in [0, 0.1) is 0 Å². The van der Waals surface area contributed by atoms with Gasteiger partial charge in [0.25, 0.3) is 5.91 Å². The zero-order chi connectivity index (χ0) is 18.1. The minimum absolute atomic E-state index is 0.0361. The van der Waals surface area contributed by atoms with Gasteiger partial charge in [-0.05, 0) is 42.8 Å². The smallest absolute Gasteiger partial charge is 0.335 e. The third-order valence-electron chi connectivity index (χ3n) is 3.93. The summed E-state index contributed by atoms with van der Waals surface area (Å²) in [7, 11) is 0. The number of carbonyl (C=O) groups excluding carboxylic acids is 1. The number of nitrogens with zero attached hydrogens (tertiary/aromatic N) is 1. The number of carboxylic acid groups (broad SMARTS) is 2. The van der Waals surface area contributed by atoms with Crippen LogP contribution in [0.1, 0.15) is 33.2 Å². The molecule has 2 aromatic carbocycles. The molecule has 0 aliphatic carbocycles. The lowest BCUT2D eigenvalue weighted by Crippen LogP contribution is -2.44. The molecule has 2 N–H and O–H groups in total. The van der Waals surface area contributed by atoms with E-state index in [4.69, 9.17) is 14.9 Å². The molecule has 0 saturated heterocycles. The van der Waals surface area contributed by atoms with Crippen LogP contribution in [0.2, 0.25) is 0 Å². The Balaban J connectivity index is 2.02. The number of carboxylic acids is 2. The molecule has 0 saturated carbocycles. The molecule has 128 valence electrons. The predicted molar refractivity (Wildman–Crippen MR) is 88.1 cm³/mol. The zero-order valence-corrected chi connectivity index (χ0v) is 13.3. The fourth-order valence-corrected chi connectivity index (χ4v) is 2.69. The lowest BCUT2D eigenvalue weighted by Gasteiger charge is -2.33. The molecule has 0 radical (unpaired) electrons. The first-order valence-electron chi connectivity index (χ1n) is 7.54. The van der Waals surface area contributed by atoms with Gasteiger partial charge in [0.2, 0.25) is 0 Å². The normalized spacial score (nSPS) is 16.1. The van der Waals surface area contributed by atoms with Crippen molar-refractivity contribution < 1.29 is 29.3 Å². The lowest BCUT2D eigenvalue weighted by molar-refractivity contribution is -0.125. The Hall–Kier alpha value is -3.35. The molecule has 1 aliphatic rings. The maximum atomic E-state index is 12.5. The number of rotatable bonds is 4. The third-order valence-corrected chi connectivity index (χ3v) is 3.93. The van der Waals surface area contributed by atoms with Crippen molar-refractivity contribution in [2.24, 2.45) is 0 Å². The molecule has 0 aromatic heterocycles. The molecule has 7 nitrogen and oxygen atoms in total. The van der Waals surface area contributed by atoms with Crippen LogP contribution >= 0.6 is 0 Å². The van der Waals surface area contributed by atoms with Crippen molar-refractivity contribution in [3.8, 4) is 5.75 Å². The molecule has 0 spiro atoms. The van der Waals surface area contributed by atoms with Crippen LogP contribution in [0.5, 0.6) is 5.75 Å². The van der Waals surface area contributed by atoms with Crippen molar-refractivity contribution in [1.82, 2.24) is 0 Å². The van der Waals surface area contributed by atoms with E-state index in [-0.39, 0.29) is 23.6 Å². The van der Waals surface area contributed by atoms with Gasteiger partial charge in [0.15, 0.2) is 6.10 Å². The second-order valence-electron chi connectivity index (χ2n) is 5.68. The Morgan fingerprint density at radius 1 is 1.08 bits per heavy atom. The summed E-state index contributed by atoms with van der Waals surface area (Å²) >= 11 is 0. The molecule has 1 heterocycles. The fraction of sp³-hybridized carbons (Fsp3) is 0.167. The van der Waals surface area contributed by atoms with E-state index in [2.05, 4.69) is 0 Å². The zero-order valence-electron chi connectivity index (χ0n) is 13.3. The summed E-state index contributed by atoms with van der Waals surface area (Å²) in [5.41, 5.74) is 1.12. The average Bonchev–Trinajstić information content (AvgIpc) is 2.58. The summed E-state index contributed by atoms with van der Waals surface area (Å²) < 4.78 is 5.53. The van der Waals surface area contributed by atoms with Gasteiger partial charge in [-0.3, -0.25) is 4.79 Å². The van der Waals surface area contributed by atoms with E-state index >= 15 is 0 Å². The van der Waals surface area contributed by atoms with Gasteiger partial charge in [-0.1, -0.05) is 12.1 Å². The second-order valence-corrected chi connectivity index (χ2v) is 5.68. The molecule has 1 aliphatic heterocycles. The number of benzene rings is 2. The fourth-order valence-electron chi connectivity index (χ4n) is 2.69. The molecule has 2 aromatic rings. The van der Waals surface area contributed by atoms with E-state index in [0.717, 1.165) is 0 Å². The molecule has 1 amide bonds. The summed E-state index contributed by atoms with van der Waals surface area (Å²) in [6.45, 7) is 1.72. The van der Waals surface area contributed by atoms with Crippen molar-refractivity contribution in [2.45, 2.75) is 19.6 Å². The van der Waals surface area contributed by atoms with Gasteiger partial charge >= 0.3 is 11.9 Å². The van der Waals surface area contributed by atoms with Crippen molar-refractivity contribution in [2.75, 3.05) is 4.90 Å². The summed E-state index contributed by atoms with van der Waals surface area (Å²) in [5, 5.41) is 18.3. The molecule has 1 atom stereocenters. The molecule has 7 heteroatoms. The Bertz CT molecular complexity index is 876. The highest BCUT2D eigenvalue weighted by atomic mass is 16.5. The van der Waals surface area contributed by atoms with E-state index < -0.39 is 18.0 Å². The van der Waals surface area contributed by atoms with Gasteiger partial charge in [-0.25, -0.2) is 9.59 Å². The summed E-state index contributed by atoms with van der Waals surface area (Å²) in [4.78, 5) is 36.3. The van der Waals surface area contributed by atoms with E-state index in [0.29, 0.717) is 17.0 Å². The van der Waals surface area contributed by atoms with Gasteiger partial charge in [-0.2, -0.15) is 0 Å². The third kappa shape index (κ3) is 3.16. The molecule has 25 heavy (non-hydrogen) atoms. The lowest BCUT2D eigenvalue weighted by atomic mass is 10.1. The highest BCUT2D eigenvalue weighted by Crippen LogP contribution is 2.36. The first-order valence-corrected chi connectivity index (χ1v) is 7.54. The van der Waals surface area contributed by atoms with E-state index in [9.17, 15) is 14.4 Å². The number of amides is 1. The van der Waals surface area contributed by atoms with Crippen molar-refractivity contribution in [3.05, 3.63) is 59.2 Å². The van der Waals surface area contributed by atoms with Gasteiger partial charge in [0.1, 0.15) is 5.75 Å². The van der Waals surface area contributed by atoms with E-state index in [1.54, 1.807) is 19.1 Å². The van der Waals surface area contributed by atoms with Crippen molar-refractivity contribution in [3.63, 3.8) is 0 Å². The molecular weight excluding hydrogens is 326 g/mol. The number of fused-ring (bicyclic) bond motifs is 1. The molecule has 1 unspecified atom stereocenters. The summed E-state index contributed by atoms with van der Waals surface area (Å²) in [5.74, 6) is -2.08. The van der Waals surface area contributed by atoms with Crippen LogP contribution < -0.4 is 9.64 Å². The predicted octanol–water partition coefficient (Wildman–Crippen LogP) is 2.40. The molecule has 0 fully saturated rings. The maximum Gasteiger partial charge on any atom is 0.335 e. The number of carbonyl (C=O) groups is 3. The number of ether oxygens (including phenoxy) is 1. The summed E-state index contributed by atoms with van der Waals surface area (Å²) in [6.07, 6.45) is -0.717. The first kappa shape index (κ1) is 16.5. The standard InChI is InChI=1S/C18H15NO6/c1-10-16(20)19(9-11-3-2-4-12(7-11)17(21)22)14-8-13(18(23)24)5-6-15(14)25-10/h2-8,10H,9H2,1H3,(H,21,22)(H,23,24). The Morgan fingerprint density at radius 3 is 2.44 bits per heavy atom. The largest absolute Gasteiger partial charge is 0.479 e. The summed E-state index contributed by atoms with van der Waals surface area (Å²) in [6, 6.07) is 10.6. The monoisotopic (exact) mass is 341 g/mol. The highest BCUT2D eigenvalue weighted by Gasteiger charge is 2.32. The van der Waals surface area contributed by atoms with Crippen LogP contribution in [-0.2, 0) is 11.3 Å². The SMILES string of the molecule is CC1Oc2ccc(C(=O)O)cc2N(Cc2cccc(C(=O)O)c2)C1=O. The number of hydrogen-bond acceptors (Lipinski definition) is 4. The highest BCUT2D eigenvalue weighted by molar-refractivity contribution is 6.01. The second kappa shape index (κ2) is 6.27. The van der Waals surface area contributed by atoms with Crippen LogP contribution in [0.4, 0.5) is 5.69 Å². The number of hydrogen-bond donors (Lipinski definition) is 2. The Kier molecular flexibility index (Phi) is 4.14. The maximum absolute atomic E-state index is 12.5. The van der Waals surface area contributed by atoms with Crippen LogP contribution in [-0.4, -0.2) is 34.2 Å². The Labute approximate surface area is 143 Å². The van der Waals surface area contributed by atoms with Crippen LogP contribution in [0.3, 0.4) is 0 Å². The molecule has 0 bridgehead atoms. The van der Waals surface area contributed by atoms with Crippen LogP contribution in [0.25, 0.3) is 0 Å². The van der Waals surface area contributed by atoms with E-state index in [1.807, 2.05) is 0 Å².